The third-order valence-electron chi connectivity index (χ3n) is 2.23. The highest BCUT2D eigenvalue weighted by Gasteiger charge is 2.23. The topological polar surface area (TPSA) is 81.5 Å². The molecule has 110 valence electrons. The molecular weight excluding hydrogens is 298 g/mol. The number of benzene rings is 1. The molecule has 0 radical (unpaired) electrons. The summed E-state index contributed by atoms with van der Waals surface area (Å²) in [5, 5.41) is 13.0. The van der Waals surface area contributed by atoms with E-state index in [1.165, 1.54) is 0 Å². The van der Waals surface area contributed by atoms with E-state index in [0.717, 1.165) is 0 Å². The van der Waals surface area contributed by atoms with E-state index in [2.05, 4.69) is 5.32 Å². The van der Waals surface area contributed by atoms with Gasteiger partial charge in [-0.2, -0.15) is 0 Å². The zero-order valence-electron chi connectivity index (χ0n) is 10.2. The number of nitro groups is 1. The van der Waals surface area contributed by atoms with Crippen LogP contribution in [0, 0.1) is 21.7 Å². The van der Waals surface area contributed by atoms with E-state index in [1.807, 2.05) is 0 Å². The van der Waals surface area contributed by atoms with E-state index in [9.17, 15) is 23.7 Å². The third kappa shape index (κ3) is 4.39. The minimum absolute atomic E-state index is 0.0614. The molecule has 0 saturated heterocycles. The first-order chi connectivity index (χ1) is 9.47. The van der Waals surface area contributed by atoms with E-state index in [4.69, 9.17) is 16.3 Å². The molecule has 0 spiro atoms. The molecule has 0 heterocycles. The maximum Gasteiger partial charge on any atom is 0.285 e. The Morgan fingerprint density at radius 3 is 2.60 bits per heavy atom. The molecule has 20 heavy (non-hydrogen) atoms. The molecule has 1 aromatic rings. The highest BCUT2D eigenvalue weighted by Crippen LogP contribution is 2.22. The van der Waals surface area contributed by atoms with Crippen molar-refractivity contribution in [3.8, 4) is 0 Å². The number of nitrogens with one attached hydrogen (secondary N) is 1. The second-order valence-electron chi connectivity index (χ2n) is 3.60. The Kier molecular flexibility index (Phi) is 6.26. The molecule has 0 aliphatic heterocycles. The lowest BCUT2D eigenvalue weighted by molar-refractivity contribution is -0.385. The number of carbonyl (C=O) groups is 1. The molecule has 0 fully saturated rings. The van der Waals surface area contributed by atoms with Crippen molar-refractivity contribution in [3.05, 3.63) is 39.4 Å². The average Bonchev–Trinajstić information content (AvgIpc) is 2.40. The van der Waals surface area contributed by atoms with Crippen LogP contribution in [0.3, 0.4) is 0 Å². The Labute approximate surface area is 117 Å². The fourth-order valence-corrected chi connectivity index (χ4v) is 1.47. The summed E-state index contributed by atoms with van der Waals surface area (Å²) in [6.07, 6.45) is 0. The van der Waals surface area contributed by atoms with Crippen LogP contribution in [0.5, 0.6) is 0 Å². The van der Waals surface area contributed by atoms with Crippen molar-refractivity contribution in [2.24, 2.45) is 0 Å². The number of nitrogens with zero attached hydrogens (tertiary/aromatic N) is 1. The molecule has 0 aliphatic rings. The lowest BCUT2D eigenvalue weighted by atomic mass is 10.1. The second kappa shape index (κ2) is 7.71. The normalized spacial score (nSPS) is 10.3. The molecule has 0 unspecified atom stereocenters. The molecule has 1 amide bonds. The van der Waals surface area contributed by atoms with E-state index in [1.54, 1.807) is 0 Å². The zero-order valence-corrected chi connectivity index (χ0v) is 11.0. The quantitative estimate of drug-likeness (QED) is 0.361. The number of halogens is 3. The number of hydrogen-bond donors (Lipinski definition) is 1. The van der Waals surface area contributed by atoms with E-state index in [0.29, 0.717) is 24.6 Å². The van der Waals surface area contributed by atoms with Crippen LogP contribution >= 0.6 is 11.6 Å². The standard InChI is InChI=1S/C11H11ClF2N2O4/c12-1-3-20-4-2-15-11(17)7-5-8(13)9(14)6-10(7)16(18)19/h5-6H,1-4H2,(H,15,17). The molecule has 1 aromatic carbocycles. The SMILES string of the molecule is O=C(NCCOCCCl)c1cc(F)c(F)cc1[N+](=O)[O-]. The Bertz CT molecular complexity index is 513. The van der Waals surface area contributed by atoms with Gasteiger partial charge in [0.2, 0.25) is 0 Å². The van der Waals surface area contributed by atoms with Gasteiger partial charge in [-0.25, -0.2) is 8.78 Å². The lowest BCUT2D eigenvalue weighted by Crippen LogP contribution is -2.28. The van der Waals surface area contributed by atoms with Crippen molar-refractivity contribution in [1.29, 1.82) is 0 Å². The van der Waals surface area contributed by atoms with Crippen molar-refractivity contribution in [2.45, 2.75) is 0 Å². The molecule has 0 atom stereocenters. The summed E-state index contributed by atoms with van der Waals surface area (Å²) in [7, 11) is 0. The largest absolute Gasteiger partial charge is 0.378 e. The van der Waals surface area contributed by atoms with Gasteiger partial charge in [0, 0.05) is 12.4 Å². The fraction of sp³-hybridized carbons (Fsp3) is 0.364. The molecule has 0 saturated carbocycles. The minimum Gasteiger partial charge on any atom is -0.378 e. The van der Waals surface area contributed by atoms with Gasteiger partial charge in [-0.15, -0.1) is 11.6 Å². The summed E-state index contributed by atoms with van der Waals surface area (Å²) in [6, 6.07) is 0.858. The van der Waals surface area contributed by atoms with Gasteiger partial charge in [0.25, 0.3) is 11.6 Å². The fourth-order valence-electron chi connectivity index (χ4n) is 1.36. The monoisotopic (exact) mass is 308 g/mol. The number of rotatable bonds is 7. The number of ether oxygens (including phenoxy) is 1. The smallest absolute Gasteiger partial charge is 0.285 e. The van der Waals surface area contributed by atoms with Gasteiger partial charge in [-0.3, -0.25) is 14.9 Å². The molecule has 1 rings (SSSR count). The van der Waals surface area contributed by atoms with Crippen LogP contribution in [0.15, 0.2) is 12.1 Å². The van der Waals surface area contributed by atoms with E-state index >= 15 is 0 Å². The Balaban J connectivity index is 2.76. The predicted octanol–water partition coefficient (Wildman–Crippen LogP) is 1.86. The van der Waals surface area contributed by atoms with Gasteiger partial charge in [-0.1, -0.05) is 0 Å². The molecule has 1 N–H and O–H groups in total. The van der Waals surface area contributed by atoms with Crippen molar-refractivity contribution < 1.29 is 23.2 Å². The van der Waals surface area contributed by atoms with E-state index < -0.39 is 33.7 Å². The number of amides is 1. The predicted molar refractivity (Wildman–Crippen MR) is 66.9 cm³/mol. The first kappa shape index (κ1) is 16.3. The van der Waals surface area contributed by atoms with Crippen LogP contribution in [-0.2, 0) is 4.74 Å². The maximum atomic E-state index is 13.1. The lowest BCUT2D eigenvalue weighted by Gasteiger charge is -2.06. The summed E-state index contributed by atoms with van der Waals surface area (Å²) < 4.78 is 31.0. The summed E-state index contributed by atoms with van der Waals surface area (Å²) in [6.45, 7) is 0.505. The zero-order chi connectivity index (χ0) is 15.1. The van der Waals surface area contributed by atoms with Crippen LogP contribution in [0.25, 0.3) is 0 Å². The van der Waals surface area contributed by atoms with Crippen molar-refractivity contribution >= 4 is 23.2 Å². The first-order valence-electron chi connectivity index (χ1n) is 5.52. The number of hydrogen-bond acceptors (Lipinski definition) is 4. The number of nitro benzene ring substituents is 1. The van der Waals surface area contributed by atoms with E-state index in [-0.39, 0.29) is 13.2 Å². The van der Waals surface area contributed by atoms with Crippen molar-refractivity contribution in [3.63, 3.8) is 0 Å². The van der Waals surface area contributed by atoms with Gasteiger partial charge < -0.3 is 10.1 Å². The third-order valence-corrected chi connectivity index (χ3v) is 2.39. The van der Waals surface area contributed by atoms with Crippen LogP contribution in [0.2, 0.25) is 0 Å². The van der Waals surface area contributed by atoms with Gasteiger partial charge in [0.05, 0.1) is 24.2 Å². The van der Waals surface area contributed by atoms with Crippen LogP contribution < -0.4 is 5.32 Å². The van der Waals surface area contributed by atoms with Gasteiger partial charge in [-0.05, 0) is 6.07 Å². The molecule has 9 heteroatoms. The van der Waals surface area contributed by atoms with Crippen molar-refractivity contribution in [1.82, 2.24) is 5.32 Å². The summed E-state index contributed by atoms with van der Waals surface area (Å²) in [4.78, 5) is 21.4. The van der Waals surface area contributed by atoms with Crippen LogP contribution in [0.4, 0.5) is 14.5 Å². The van der Waals surface area contributed by atoms with Crippen LogP contribution in [0.1, 0.15) is 10.4 Å². The summed E-state index contributed by atoms with van der Waals surface area (Å²) >= 11 is 5.36. The highest BCUT2D eigenvalue weighted by molar-refractivity contribution is 6.17. The maximum absolute atomic E-state index is 13.1. The van der Waals surface area contributed by atoms with Crippen molar-refractivity contribution in [2.75, 3.05) is 25.6 Å². The van der Waals surface area contributed by atoms with Gasteiger partial charge >= 0.3 is 0 Å². The molecule has 6 nitrogen and oxygen atoms in total. The summed E-state index contributed by atoms with van der Waals surface area (Å²) in [5.74, 6) is -3.31. The molecule has 0 bridgehead atoms. The van der Waals surface area contributed by atoms with Gasteiger partial charge in [0.15, 0.2) is 11.6 Å². The Hall–Kier alpha value is -1.80. The molecular formula is C11H11ClF2N2O4. The second-order valence-corrected chi connectivity index (χ2v) is 3.98. The average molecular weight is 309 g/mol. The first-order valence-corrected chi connectivity index (χ1v) is 6.06. The minimum atomic E-state index is -1.39. The summed E-state index contributed by atoms with van der Waals surface area (Å²) in [5.41, 5.74) is -1.35. The number of alkyl halides is 1. The van der Waals surface area contributed by atoms with Gasteiger partial charge in [0.1, 0.15) is 5.56 Å². The Morgan fingerprint density at radius 2 is 2.00 bits per heavy atom. The molecule has 0 aliphatic carbocycles. The highest BCUT2D eigenvalue weighted by atomic mass is 35.5. The van der Waals surface area contributed by atoms with Crippen LogP contribution in [-0.4, -0.2) is 36.5 Å². The molecule has 0 aromatic heterocycles. The Morgan fingerprint density at radius 1 is 1.35 bits per heavy atom. The number of carbonyl (C=O) groups excluding carboxylic acids is 1.